The minimum Gasteiger partial charge on any atom is -0.342 e. The van der Waals surface area contributed by atoms with Crippen molar-refractivity contribution in [2.45, 2.75) is 43.3 Å². The maximum atomic E-state index is 12.5. The highest BCUT2D eigenvalue weighted by Crippen LogP contribution is 2.36. The van der Waals surface area contributed by atoms with Gasteiger partial charge >= 0.3 is 5.69 Å². The second-order valence-corrected chi connectivity index (χ2v) is 8.16. The van der Waals surface area contributed by atoms with Crippen molar-refractivity contribution in [2.75, 3.05) is 18.8 Å². The molecular formula is C19H24N4O2S. The van der Waals surface area contributed by atoms with Gasteiger partial charge in [0.05, 0.1) is 5.75 Å². The number of hydrogen-bond donors (Lipinski definition) is 1. The third kappa shape index (κ3) is 4.03. The van der Waals surface area contributed by atoms with Crippen LogP contribution in [0.4, 0.5) is 0 Å². The Morgan fingerprint density at radius 3 is 2.58 bits per heavy atom. The van der Waals surface area contributed by atoms with Gasteiger partial charge in [-0.2, -0.15) is 0 Å². The number of rotatable bonds is 6. The molecule has 7 heteroatoms. The number of carbonyl (C=O) groups is 1. The molecule has 4 rings (SSSR count). The van der Waals surface area contributed by atoms with E-state index in [1.807, 2.05) is 11.0 Å². The molecule has 138 valence electrons. The topological polar surface area (TPSA) is 71.0 Å². The molecule has 2 aliphatic rings. The average Bonchev–Trinajstić information content (AvgIpc) is 3.43. The zero-order valence-electron chi connectivity index (χ0n) is 14.8. The van der Waals surface area contributed by atoms with Gasteiger partial charge in [0.15, 0.2) is 5.16 Å². The lowest BCUT2D eigenvalue weighted by Gasteiger charge is -2.32. The number of thioether (sulfide) groups is 1. The number of amides is 1. The van der Waals surface area contributed by atoms with Crippen molar-refractivity contribution in [3.8, 4) is 0 Å². The number of likely N-dealkylation sites (tertiary alicyclic amines) is 1. The molecular weight excluding hydrogens is 348 g/mol. The summed E-state index contributed by atoms with van der Waals surface area (Å²) in [6.07, 6.45) is 5.26. The van der Waals surface area contributed by atoms with Crippen molar-refractivity contribution in [1.82, 2.24) is 19.7 Å². The first-order valence-corrected chi connectivity index (χ1v) is 10.3. The summed E-state index contributed by atoms with van der Waals surface area (Å²) in [7, 11) is 0. The third-order valence-electron chi connectivity index (χ3n) is 5.24. The van der Waals surface area contributed by atoms with E-state index in [0.717, 1.165) is 45.2 Å². The summed E-state index contributed by atoms with van der Waals surface area (Å²) in [6.45, 7) is 1.65. The molecule has 6 nitrogen and oxygen atoms in total. The van der Waals surface area contributed by atoms with Crippen LogP contribution >= 0.6 is 11.8 Å². The van der Waals surface area contributed by atoms with Crippen LogP contribution in [-0.4, -0.2) is 44.4 Å². The van der Waals surface area contributed by atoms with E-state index < -0.39 is 0 Å². The number of carbonyl (C=O) groups excluding carboxylic acids is 1. The summed E-state index contributed by atoms with van der Waals surface area (Å²) in [5.74, 6) is 1.15. The number of benzene rings is 1. The Hall–Kier alpha value is -2.02. The van der Waals surface area contributed by atoms with E-state index in [9.17, 15) is 9.59 Å². The normalized spacial score (nSPS) is 18.2. The molecule has 1 saturated heterocycles. The fourth-order valence-corrected chi connectivity index (χ4v) is 4.51. The monoisotopic (exact) mass is 372 g/mol. The third-order valence-corrected chi connectivity index (χ3v) is 6.18. The zero-order chi connectivity index (χ0) is 17.9. The van der Waals surface area contributed by atoms with Crippen LogP contribution in [0.5, 0.6) is 0 Å². The zero-order valence-corrected chi connectivity index (χ0v) is 15.6. The quantitative estimate of drug-likeness (QED) is 0.791. The maximum absolute atomic E-state index is 12.5. The molecule has 1 saturated carbocycles. The van der Waals surface area contributed by atoms with Crippen molar-refractivity contribution >= 4 is 17.7 Å². The van der Waals surface area contributed by atoms with Crippen molar-refractivity contribution in [1.29, 1.82) is 0 Å². The molecule has 1 amide bonds. The summed E-state index contributed by atoms with van der Waals surface area (Å²) >= 11 is 1.37. The lowest BCUT2D eigenvalue weighted by molar-refractivity contribution is -0.129. The molecule has 1 aliphatic carbocycles. The van der Waals surface area contributed by atoms with Crippen LogP contribution in [-0.2, 0) is 11.2 Å². The van der Waals surface area contributed by atoms with Crippen molar-refractivity contribution in [3.63, 3.8) is 0 Å². The highest BCUT2D eigenvalue weighted by Gasteiger charge is 2.29. The van der Waals surface area contributed by atoms with Gasteiger partial charge < -0.3 is 4.90 Å². The highest BCUT2D eigenvalue weighted by atomic mass is 32.2. The molecule has 2 heterocycles. The van der Waals surface area contributed by atoms with Crippen LogP contribution in [0.25, 0.3) is 0 Å². The molecule has 1 N–H and O–H groups in total. The second kappa shape index (κ2) is 7.70. The van der Waals surface area contributed by atoms with E-state index in [0.29, 0.717) is 16.8 Å². The average molecular weight is 372 g/mol. The Morgan fingerprint density at radius 1 is 1.15 bits per heavy atom. The number of piperidine rings is 1. The van der Waals surface area contributed by atoms with E-state index in [4.69, 9.17) is 0 Å². The predicted molar refractivity (Wildman–Crippen MR) is 101 cm³/mol. The molecule has 0 atom stereocenters. The number of nitrogens with zero attached hydrogens (tertiary/aromatic N) is 3. The maximum Gasteiger partial charge on any atom is 0.344 e. The largest absolute Gasteiger partial charge is 0.344 e. The van der Waals surface area contributed by atoms with Crippen LogP contribution in [0.2, 0.25) is 0 Å². The van der Waals surface area contributed by atoms with E-state index in [1.54, 1.807) is 4.57 Å². The fraction of sp³-hybridized carbons (Fsp3) is 0.526. The fourth-order valence-electron chi connectivity index (χ4n) is 3.60. The highest BCUT2D eigenvalue weighted by molar-refractivity contribution is 7.99. The Kier molecular flexibility index (Phi) is 5.15. The van der Waals surface area contributed by atoms with E-state index in [1.165, 1.54) is 17.3 Å². The minimum atomic E-state index is -0.163. The SMILES string of the molecule is O=C(CSc1n[nH]c(=O)n1C1CC1)N1CCC(Cc2ccccc2)CC1. The van der Waals surface area contributed by atoms with Crippen LogP contribution in [0.3, 0.4) is 0 Å². The van der Waals surface area contributed by atoms with Gasteiger partial charge in [0.2, 0.25) is 5.91 Å². The van der Waals surface area contributed by atoms with Crippen LogP contribution in [0.1, 0.15) is 37.3 Å². The van der Waals surface area contributed by atoms with Crippen molar-refractivity contribution in [3.05, 3.63) is 46.4 Å². The number of H-pyrrole nitrogens is 1. The predicted octanol–water partition coefficient (Wildman–Crippen LogP) is 2.48. The van der Waals surface area contributed by atoms with Gasteiger partial charge in [-0.3, -0.25) is 9.36 Å². The molecule has 2 aromatic rings. The standard InChI is InChI=1S/C19H24N4O2S/c24-17(13-26-19-21-20-18(25)23(19)16-6-7-16)22-10-8-15(9-11-22)12-14-4-2-1-3-5-14/h1-5,15-16H,6-13H2,(H,20,25). The van der Waals surface area contributed by atoms with Crippen molar-refractivity contribution < 1.29 is 4.79 Å². The molecule has 1 aromatic carbocycles. The molecule has 0 radical (unpaired) electrons. The first-order valence-electron chi connectivity index (χ1n) is 9.32. The molecule has 26 heavy (non-hydrogen) atoms. The summed E-state index contributed by atoms with van der Waals surface area (Å²) in [5, 5.41) is 7.22. The van der Waals surface area contributed by atoms with Crippen molar-refractivity contribution in [2.24, 2.45) is 5.92 Å². The van der Waals surface area contributed by atoms with Gasteiger partial charge in [0.25, 0.3) is 0 Å². The lowest BCUT2D eigenvalue weighted by Crippen LogP contribution is -2.39. The molecule has 2 fully saturated rings. The Bertz CT molecular complexity index is 804. The van der Waals surface area contributed by atoms with E-state index in [-0.39, 0.29) is 17.6 Å². The van der Waals surface area contributed by atoms with Gasteiger partial charge in [-0.25, -0.2) is 9.89 Å². The van der Waals surface area contributed by atoms with Crippen LogP contribution in [0.15, 0.2) is 40.3 Å². The number of aromatic nitrogens is 3. The second-order valence-electron chi connectivity index (χ2n) is 7.22. The summed E-state index contributed by atoms with van der Waals surface area (Å²) < 4.78 is 1.70. The summed E-state index contributed by atoms with van der Waals surface area (Å²) in [5.41, 5.74) is 1.22. The number of nitrogens with one attached hydrogen (secondary N) is 1. The molecule has 1 aromatic heterocycles. The minimum absolute atomic E-state index is 0.144. The van der Waals surface area contributed by atoms with Crippen LogP contribution < -0.4 is 5.69 Å². The lowest BCUT2D eigenvalue weighted by atomic mass is 9.90. The summed E-state index contributed by atoms with van der Waals surface area (Å²) in [6, 6.07) is 10.8. The van der Waals surface area contributed by atoms with Gasteiger partial charge in [-0.15, -0.1) is 5.10 Å². The van der Waals surface area contributed by atoms with Gasteiger partial charge in [0, 0.05) is 19.1 Å². The molecule has 0 unspecified atom stereocenters. The van der Waals surface area contributed by atoms with Gasteiger partial charge in [0.1, 0.15) is 0 Å². The molecule has 0 spiro atoms. The number of hydrogen-bond acceptors (Lipinski definition) is 4. The smallest absolute Gasteiger partial charge is 0.342 e. The molecule has 1 aliphatic heterocycles. The van der Waals surface area contributed by atoms with E-state index in [2.05, 4.69) is 34.5 Å². The van der Waals surface area contributed by atoms with Crippen LogP contribution in [0, 0.1) is 5.92 Å². The first-order chi connectivity index (χ1) is 12.7. The van der Waals surface area contributed by atoms with Gasteiger partial charge in [-0.1, -0.05) is 42.1 Å². The van der Waals surface area contributed by atoms with Gasteiger partial charge in [-0.05, 0) is 43.6 Å². The first kappa shape index (κ1) is 17.4. The molecule has 0 bridgehead atoms. The summed E-state index contributed by atoms with van der Waals surface area (Å²) in [4.78, 5) is 26.3. The van der Waals surface area contributed by atoms with E-state index >= 15 is 0 Å². The Morgan fingerprint density at radius 2 is 1.88 bits per heavy atom. The number of aromatic amines is 1. The Balaban J connectivity index is 1.26. The Labute approximate surface area is 157 Å².